The molecule has 1 rings (SSSR count). The lowest BCUT2D eigenvalue weighted by Gasteiger charge is -2.03. The van der Waals surface area contributed by atoms with Gasteiger partial charge >= 0.3 is 6.01 Å². The highest BCUT2D eigenvalue weighted by atomic mass is 16.5. The van der Waals surface area contributed by atoms with Crippen LogP contribution in [0, 0.1) is 0 Å². The third kappa shape index (κ3) is 1.70. The number of anilines is 2. The average Bonchev–Trinajstić information content (AvgIpc) is 2.16. The molecule has 1 heterocycles. The van der Waals surface area contributed by atoms with Crippen molar-refractivity contribution in [1.29, 1.82) is 0 Å². The number of nitrogens with two attached hydrogens (primary N) is 1. The molecule has 0 spiro atoms. The number of nitrogens with zero attached hydrogens (tertiary/aromatic N) is 3. The van der Waals surface area contributed by atoms with E-state index in [9.17, 15) is 0 Å². The first-order valence-electron chi connectivity index (χ1n) is 3.24. The molecule has 1 aromatic heterocycles. The van der Waals surface area contributed by atoms with Crippen LogP contribution < -0.4 is 21.3 Å². The molecule has 7 heteroatoms. The number of hydrogen-bond acceptors (Lipinski definition) is 7. The van der Waals surface area contributed by atoms with Crippen molar-refractivity contribution in [3.8, 4) is 6.01 Å². The molecule has 0 atom stereocenters. The number of hydrogen-bond donors (Lipinski definition) is 3. The van der Waals surface area contributed by atoms with Crippen molar-refractivity contribution in [2.24, 2.45) is 5.84 Å². The smallest absolute Gasteiger partial charge is 0.322 e. The molecular formula is C5H10N6O. The van der Waals surface area contributed by atoms with Gasteiger partial charge in [-0.25, -0.2) is 5.84 Å². The quantitative estimate of drug-likeness (QED) is 0.403. The second-order valence-electron chi connectivity index (χ2n) is 1.86. The van der Waals surface area contributed by atoms with Crippen molar-refractivity contribution in [3.63, 3.8) is 0 Å². The summed E-state index contributed by atoms with van der Waals surface area (Å²) >= 11 is 0. The minimum Gasteiger partial charge on any atom is -0.467 e. The second-order valence-corrected chi connectivity index (χ2v) is 1.86. The van der Waals surface area contributed by atoms with Gasteiger partial charge in [0.05, 0.1) is 7.11 Å². The molecule has 0 fully saturated rings. The van der Waals surface area contributed by atoms with Crippen LogP contribution in [-0.4, -0.2) is 29.1 Å². The summed E-state index contributed by atoms with van der Waals surface area (Å²) in [5, 5.41) is 2.74. The van der Waals surface area contributed by atoms with Gasteiger partial charge in [0.1, 0.15) is 0 Å². The number of nitrogen functional groups attached to an aromatic ring is 1. The van der Waals surface area contributed by atoms with Crippen molar-refractivity contribution in [3.05, 3.63) is 0 Å². The monoisotopic (exact) mass is 170 g/mol. The highest BCUT2D eigenvalue weighted by molar-refractivity contribution is 5.34. The van der Waals surface area contributed by atoms with Gasteiger partial charge in [0.25, 0.3) is 0 Å². The molecule has 0 saturated heterocycles. The van der Waals surface area contributed by atoms with Crippen molar-refractivity contribution >= 4 is 11.9 Å². The Bertz CT molecular complexity index is 209. The van der Waals surface area contributed by atoms with Gasteiger partial charge in [0.15, 0.2) is 0 Å². The summed E-state index contributed by atoms with van der Waals surface area (Å²) in [5.41, 5.74) is 2.29. The summed E-state index contributed by atoms with van der Waals surface area (Å²) in [6.07, 6.45) is 0. The minimum absolute atomic E-state index is 0.210. The van der Waals surface area contributed by atoms with Crippen molar-refractivity contribution in [2.75, 3.05) is 24.9 Å². The molecular weight excluding hydrogens is 160 g/mol. The zero-order valence-electron chi connectivity index (χ0n) is 6.83. The predicted molar refractivity (Wildman–Crippen MR) is 43.7 cm³/mol. The molecule has 0 saturated carbocycles. The lowest BCUT2D eigenvalue weighted by atomic mass is 10.8. The van der Waals surface area contributed by atoms with Crippen LogP contribution in [-0.2, 0) is 0 Å². The maximum absolute atomic E-state index is 5.11. The number of ether oxygens (including phenoxy) is 1. The van der Waals surface area contributed by atoms with Crippen LogP contribution in [0.1, 0.15) is 0 Å². The van der Waals surface area contributed by atoms with Gasteiger partial charge in [-0.1, -0.05) is 0 Å². The Balaban J connectivity index is 3.01. The highest BCUT2D eigenvalue weighted by Crippen LogP contribution is 2.08. The van der Waals surface area contributed by atoms with Gasteiger partial charge in [-0.3, -0.25) is 5.43 Å². The number of nitrogens with one attached hydrogen (secondary N) is 2. The molecule has 66 valence electrons. The molecule has 0 unspecified atom stereocenters. The molecule has 0 aromatic carbocycles. The van der Waals surface area contributed by atoms with E-state index >= 15 is 0 Å². The lowest BCUT2D eigenvalue weighted by molar-refractivity contribution is 0.379. The van der Waals surface area contributed by atoms with Gasteiger partial charge in [-0.05, 0) is 0 Å². The average molecular weight is 170 g/mol. The number of aromatic nitrogens is 3. The van der Waals surface area contributed by atoms with Crippen LogP contribution in [0.25, 0.3) is 0 Å². The fourth-order valence-corrected chi connectivity index (χ4v) is 0.624. The standard InChI is InChI=1S/C5H10N6O/c1-7-3-8-4(11-6)10-5(9-3)12-2/h6H2,1-2H3,(H2,7,8,9,10,11). The Morgan fingerprint density at radius 1 is 1.25 bits per heavy atom. The Morgan fingerprint density at radius 3 is 2.42 bits per heavy atom. The van der Waals surface area contributed by atoms with Crippen LogP contribution in [0.4, 0.5) is 11.9 Å². The van der Waals surface area contributed by atoms with Crippen LogP contribution in [0.3, 0.4) is 0 Å². The maximum Gasteiger partial charge on any atom is 0.322 e. The number of hydrazine groups is 1. The Morgan fingerprint density at radius 2 is 1.92 bits per heavy atom. The summed E-state index contributed by atoms with van der Waals surface area (Å²) in [5.74, 6) is 5.76. The molecule has 0 radical (unpaired) electrons. The molecule has 7 nitrogen and oxygen atoms in total. The summed E-state index contributed by atoms with van der Waals surface area (Å²) < 4.78 is 4.80. The third-order valence-corrected chi connectivity index (χ3v) is 1.15. The largest absolute Gasteiger partial charge is 0.467 e. The second kappa shape index (κ2) is 3.67. The van der Waals surface area contributed by atoms with Crippen LogP contribution in [0.15, 0.2) is 0 Å². The first-order valence-corrected chi connectivity index (χ1v) is 3.24. The Hall–Kier alpha value is -1.63. The number of rotatable bonds is 3. The van der Waals surface area contributed by atoms with Gasteiger partial charge in [-0.2, -0.15) is 15.0 Å². The van der Waals surface area contributed by atoms with E-state index in [0.717, 1.165) is 0 Å². The SMILES string of the molecule is CNc1nc(NN)nc(OC)n1. The van der Waals surface area contributed by atoms with Crippen LogP contribution in [0.5, 0.6) is 6.01 Å². The van der Waals surface area contributed by atoms with Crippen LogP contribution >= 0.6 is 0 Å². The zero-order valence-corrected chi connectivity index (χ0v) is 6.83. The van der Waals surface area contributed by atoms with Crippen molar-refractivity contribution in [1.82, 2.24) is 15.0 Å². The zero-order chi connectivity index (χ0) is 8.97. The maximum atomic E-state index is 5.11. The van der Waals surface area contributed by atoms with Gasteiger partial charge in [0.2, 0.25) is 11.9 Å². The fourth-order valence-electron chi connectivity index (χ4n) is 0.624. The topological polar surface area (TPSA) is 98.0 Å². The molecule has 0 bridgehead atoms. The number of methoxy groups -OCH3 is 1. The van der Waals surface area contributed by atoms with E-state index in [-0.39, 0.29) is 12.0 Å². The first-order chi connectivity index (χ1) is 5.80. The molecule has 0 aliphatic heterocycles. The van der Waals surface area contributed by atoms with E-state index in [1.54, 1.807) is 7.05 Å². The molecule has 12 heavy (non-hydrogen) atoms. The molecule has 0 aliphatic rings. The summed E-state index contributed by atoms with van der Waals surface area (Å²) in [4.78, 5) is 11.5. The molecule has 0 aliphatic carbocycles. The summed E-state index contributed by atoms with van der Waals surface area (Å²) in [7, 11) is 3.16. The Kier molecular flexibility index (Phi) is 2.59. The lowest BCUT2D eigenvalue weighted by Crippen LogP contribution is -2.13. The summed E-state index contributed by atoms with van der Waals surface area (Å²) in [6, 6.07) is 0.210. The van der Waals surface area contributed by atoms with Crippen molar-refractivity contribution < 1.29 is 4.74 Å². The first kappa shape index (κ1) is 8.47. The van der Waals surface area contributed by atoms with Crippen LogP contribution in [0.2, 0.25) is 0 Å². The van der Waals surface area contributed by atoms with Gasteiger partial charge in [0, 0.05) is 7.05 Å². The fraction of sp³-hybridized carbons (Fsp3) is 0.400. The molecule has 4 N–H and O–H groups in total. The predicted octanol–water partition coefficient (Wildman–Crippen LogP) is -0.793. The minimum atomic E-state index is 0.210. The van der Waals surface area contributed by atoms with E-state index in [1.807, 2.05) is 0 Å². The molecule has 1 aromatic rings. The summed E-state index contributed by atoms with van der Waals surface area (Å²) in [6.45, 7) is 0. The Labute approximate surface area is 69.3 Å². The normalized spacial score (nSPS) is 9.25. The van der Waals surface area contributed by atoms with E-state index in [4.69, 9.17) is 10.6 Å². The van der Waals surface area contributed by atoms with E-state index in [2.05, 4.69) is 25.7 Å². The molecule has 0 amide bonds. The highest BCUT2D eigenvalue weighted by Gasteiger charge is 2.02. The van der Waals surface area contributed by atoms with Gasteiger partial charge < -0.3 is 10.1 Å². The van der Waals surface area contributed by atoms with Crippen molar-refractivity contribution in [2.45, 2.75) is 0 Å². The van der Waals surface area contributed by atoms with E-state index < -0.39 is 0 Å². The van der Waals surface area contributed by atoms with E-state index in [1.165, 1.54) is 7.11 Å². The van der Waals surface area contributed by atoms with Gasteiger partial charge in [-0.15, -0.1) is 0 Å². The third-order valence-electron chi connectivity index (χ3n) is 1.15. The van der Waals surface area contributed by atoms with E-state index in [0.29, 0.717) is 5.95 Å².